The summed E-state index contributed by atoms with van der Waals surface area (Å²) >= 11 is 0. The molecule has 0 spiro atoms. The largest absolute Gasteiger partial charge is 0.494 e. The summed E-state index contributed by atoms with van der Waals surface area (Å²) in [5.41, 5.74) is 8.41. The molecule has 1 aliphatic heterocycles. The number of anilines is 1. The molecule has 5 rings (SSSR count). The van der Waals surface area contributed by atoms with Crippen LogP contribution in [0.2, 0.25) is 0 Å². The van der Waals surface area contributed by atoms with Gasteiger partial charge in [-0.05, 0) is 18.6 Å². The number of methoxy groups -OCH3 is 1. The molecule has 1 aromatic carbocycles. The van der Waals surface area contributed by atoms with Gasteiger partial charge in [-0.15, -0.1) is 5.10 Å². The first-order valence-electron chi connectivity index (χ1n) is 10.5. The fraction of sp³-hybridized carbons (Fsp3) is 0.333. The van der Waals surface area contributed by atoms with E-state index in [2.05, 4.69) is 30.7 Å². The van der Waals surface area contributed by atoms with E-state index < -0.39 is 0 Å². The van der Waals surface area contributed by atoms with Gasteiger partial charge in [-0.1, -0.05) is 17.3 Å². The summed E-state index contributed by atoms with van der Waals surface area (Å²) in [6, 6.07) is 7.48. The Labute approximate surface area is 188 Å². The first kappa shape index (κ1) is 20.8. The molecule has 0 radical (unpaired) electrons. The van der Waals surface area contributed by atoms with Crippen molar-refractivity contribution >= 4 is 22.8 Å². The van der Waals surface area contributed by atoms with E-state index in [1.165, 1.54) is 0 Å². The first-order valence-corrected chi connectivity index (χ1v) is 10.5. The van der Waals surface area contributed by atoms with Crippen LogP contribution in [0.4, 0.5) is 5.95 Å². The molecule has 0 aliphatic carbocycles. The van der Waals surface area contributed by atoms with E-state index in [0.29, 0.717) is 42.4 Å². The maximum absolute atomic E-state index is 12.2. The van der Waals surface area contributed by atoms with E-state index in [4.69, 9.17) is 15.2 Å². The third-order valence-corrected chi connectivity index (χ3v) is 5.33. The maximum atomic E-state index is 12.2. The van der Waals surface area contributed by atoms with Gasteiger partial charge in [0.1, 0.15) is 29.2 Å². The van der Waals surface area contributed by atoms with Gasteiger partial charge in [0, 0.05) is 18.2 Å². The highest BCUT2D eigenvalue weighted by Crippen LogP contribution is 2.30. The Morgan fingerprint density at radius 1 is 1.30 bits per heavy atom. The molecule has 4 heterocycles. The van der Waals surface area contributed by atoms with Crippen LogP contribution < -0.4 is 15.8 Å². The van der Waals surface area contributed by atoms with Crippen LogP contribution in [-0.4, -0.2) is 67.0 Å². The third kappa shape index (κ3) is 4.46. The molecular weight excluding hydrogens is 426 g/mol. The van der Waals surface area contributed by atoms with E-state index >= 15 is 0 Å². The molecule has 0 unspecified atom stereocenters. The lowest BCUT2D eigenvalue weighted by Crippen LogP contribution is -2.37. The molecule has 1 saturated heterocycles. The molecule has 3 N–H and O–H groups in total. The fourth-order valence-corrected chi connectivity index (χ4v) is 3.80. The van der Waals surface area contributed by atoms with Gasteiger partial charge in [-0.3, -0.25) is 9.48 Å². The summed E-state index contributed by atoms with van der Waals surface area (Å²) in [6.07, 6.45) is 4.38. The van der Waals surface area contributed by atoms with E-state index in [1.54, 1.807) is 28.9 Å². The molecule has 1 atom stereocenters. The number of nitrogens with zero attached hydrogens (tertiary/aromatic N) is 7. The Morgan fingerprint density at radius 3 is 3.03 bits per heavy atom. The highest BCUT2D eigenvalue weighted by molar-refractivity contribution is 5.95. The van der Waals surface area contributed by atoms with Crippen LogP contribution in [0.25, 0.3) is 22.3 Å². The Morgan fingerprint density at radius 2 is 2.21 bits per heavy atom. The number of amides is 1. The van der Waals surface area contributed by atoms with E-state index in [9.17, 15) is 4.79 Å². The maximum Gasteiger partial charge on any atom is 0.242 e. The summed E-state index contributed by atoms with van der Waals surface area (Å²) in [4.78, 5) is 20.9. The molecule has 12 heteroatoms. The molecule has 4 aromatic rings. The van der Waals surface area contributed by atoms with Gasteiger partial charge in [0.2, 0.25) is 11.9 Å². The van der Waals surface area contributed by atoms with Gasteiger partial charge < -0.3 is 20.5 Å². The number of nitrogens with one attached hydrogen (secondary N) is 1. The number of hydrogen-bond acceptors (Lipinski definition) is 9. The molecular formula is C21H23N9O3. The molecule has 12 nitrogen and oxygen atoms in total. The number of rotatable bonds is 7. The number of fused-ring (bicyclic) bond motifs is 1. The van der Waals surface area contributed by atoms with Crippen molar-refractivity contribution in [3.8, 4) is 17.1 Å². The second kappa shape index (κ2) is 8.82. The second-order valence-electron chi connectivity index (χ2n) is 7.72. The van der Waals surface area contributed by atoms with E-state index in [-0.39, 0.29) is 24.4 Å². The minimum absolute atomic E-state index is 0.0768. The van der Waals surface area contributed by atoms with Gasteiger partial charge in [0.25, 0.3) is 0 Å². The van der Waals surface area contributed by atoms with Crippen molar-refractivity contribution in [1.29, 1.82) is 0 Å². The number of para-hydroxylation sites is 1. The van der Waals surface area contributed by atoms with Crippen LogP contribution in [0.5, 0.6) is 5.75 Å². The highest BCUT2D eigenvalue weighted by atomic mass is 16.5. The highest BCUT2D eigenvalue weighted by Gasteiger charge is 2.18. The standard InChI is InChI=1S/C21H23N9O3/c1-32-17-4-2-3-15-19(24-21(22)25-20(15)17)16-10-30(28-26-16)9-13-5-7-29(27-13)11-18(31)23-14-6-8-33-12-14/h2-5,7,10,14H,6,8-9,11-12H2,1H3,(H,23,31)(H2,22,24,25)/t14-/m0/s1. The quantitative estimate of drug-likeness (QED) is 0.414. The number of hydrogen-bond donors (Lipinski definition) is 2. The number of ether oxygens (including phenoxy) is 2. The monoisotopic (exact) mass is 449 g/mol. The average Bonchev–Trinajstić information content (AvgIpc) is 3.56. The van der Waals surface area contributed by atoms with Crippen molar-refractivity contribution in [2.45, 2.75) is 25.6 Å². The summed E-state index contributed by atoms with van der Waals surface area (Å²) in [5.74, 6) is 0.634. The zero-order valence-corrected chi connectivity index (χ0v) is 18.0. The Balaban J connectivity index is 1.31. The zero-order valence-electron chi connectivity index (χ0n) is 18.0. The molecule has 1 aliphatic rings. The summed E-state index contributed by atoms with van der Waals surface area (Å²) in [6.45, 7) is 1.78. The number of nitrogens with two attached hydrogens (primary N) is 1. The van der Waals surface area contributed by atoms with Crippen LogP contribution in [0.15, 0.2) is 36.7 Å². The van der Waals surface area contributed by atoms with Gasteiger partial charge >= 0.3 is 0 Å². The number of benzene rings is 1. The van der Waals surface area contributed by atoms with Crippen molar-refractivity contribution in [1.82, 2.24) is 40.1 Å². The lowest BCUT2D eigenvalue weighted by Gasteiger charge is -2.10. The molecule has 170 valence electrons. The predicted molar refractivity (Wildman–Crippen MR) is 118 cm³/mol. The van der Waals surface area contributed by atoms with Crippen LogP contribution >= 0.6 is 0 Å². The Hall–Kier alpha value is -4.06. The molecule has 0 bridgehead atoms. The average molecular weight is 449 g/mol. The first-order chi connectivity index (χ1) is 16.1. The van der Waals surface area contributed by atoms with Crippen molar-refractivity contribution < 1.29 is 14.3 Å². The summed E-state index contributed by atoms with van der Waals surface area (Å²) < 4.78 is 13.9. The summed E-state index contributed by atoms with van der Waals surface area (Å²) in [7, 11) is 1.58. The van der Waals surface area contributed by atoms with E-state index in [1.807, 2.05) is 24.3 Å². The zero-order chi connectivity index (χ0) is 22.8. The smallest absolute Gasteiger partial charge is 0.242 e. The minimum atomic E-state index is -0.0909. The normalized spacial score (nSPS) is 15.7. The molecule has 33 heavy (non-hydrogen) atoms. The lowest BCUT2D eigenvalue weighted by atomic mass is 10.1. The van der Waals surface area contributed by atoms with Crippen LogP contribution in [0.1, 0.15) is 12.1 Å². The number of aromatic nitrogens is 7. The SMILES string of the molecule is COc1cccc2c(-c3cn(Cc4ccn(CC(=O)N[C@H]5CCOC5)n4)nn3)nc(N)nc12. The Bertz CT molecular complexity index is 1290. The Kier molecular flexibility index (Phi) is 5.57. The van der Waals surface area contributed by atoms with Gasteiger partial charge in [-0.25, -0.2) is 14.6 Å². The van der Waals surface area contributed by atoms with Crippen molar-refractivity contribution in [3.05, 3.63) is 42.4 Å². The summed E-state index contributed by atoms with van der Waals surface area (Å²) in [5, 5.41) is 16.6. The molecule has 0 saturated carbocycles. The van der Waals surface area contributed by atoms with Crippen LogP contribution in [0, 0.1) is 0 Å². The van der Waals surface area contributed by atoms with E-state index in [0.717, 1.165) is 17.5 Å². The van der Waals surface area contributed by atoms with Gasteiger partial charge in [0.15, 0.2) is 0 Å². The van der Waals surface area contributed by atoms with Crippen molar-refractivity contribution in [2.24, 2.45) is 0 Å². The molecule has 1 fully saturated rings. The van der Waals surface area contributed by atoms with Crippen LogP contribution in [0.3, 0.4) is 0 Å². The van der Waals surface area contributed by atoms with Crippen LogP contribution in [-0.2, 0) is 22.6 Å². The fourth-order valence-electron chi connectivity index (χ4n) is 3.80. The third-order valence-electron chi connectivity index (χ3n) is 5.33. The topological polar surface area (TPSA) is 148 Å². The molecule has 1 amide bonds. The number of nitrogen functional groups attached to an aromatic ring is 1. The van der Waals surface area contributed by atoms with Crippen molar-refractivity contribution in [2.75, 3.05) is 26.1 Å². The predicted octanol–water partition coefficient (Wildman–Crippen LogP) is 0.629. The molecule has 3 aromatic heterocycles. The minimum Gasteiger partial charge on any atom is -0.494 e. The lowest BCUT2D eigenvalue weighted by molar-refractivity contribution is -0.122. The number of carbonyl (C=O) groups excluding carboxylic acids is 1. The second-order valence-corrected chi connectivity index (χ2v) is 7.72. The number of carbonyl (C=O) groups is 1. The van der Waals surface area contributed by atoms with Crippen molar-refractivity contribution in [3.63, 3.8) is 0 Å². The van der Waals surface area contributed by atoms with Gasteiger partial charge in [0.05, 0.1) is 38.2 Å². The van der Waals surface area contributed by atoms with Gasteiger partial charge in [-0.2, -0.15) is 5.10 Å².